The van der Waals surface area contributed by atoms with Crippen molar-refractivity contribution in [2.45, 2.75) is 19.4 Å². The number of aliphatic hydroxyl groups excluding tert-OH is 1. The van der Waals surface area contributed by atoms with Crippen molar-refractivity contribution in [3.05, 3.63) is 0 Å². The Hall–Kier alpha value is -0.650. The summed E-state index contributed by atoms with van der Waals surface area (Å²) in [6.45, 7) is 3.28. The van der Waals surface area contributed by atoms with Gasteiger partial charge in [-0.15, -0.1) is 0 Å². The summed E-state index contributed by atoms with van der Waals surface area (Å²) >= 11 is 0. The number of primary amides is 1. The summed E-state index contributed by atoms with van der Waals surface area (Å²) in [5.41, 5.74) is 5.11. The number of hydrogen-bond donors (Lipinski definition) is 3. The molecule has 1 atom stereocenters. The molecule has 0 aromatic rings. The average Bonchev–Trinajstić information content (AvgIpc) is 2.10. The highest BCUT2D eigenvalue weighted by Crippen LogP contribution is 1.87. The zero-order valence-electron chi connectivity index (χ0n) is 7.95. The van der Waals surface area contributed by atoms with Gasteiger partial charge in [0.25, 0.3) is 0 Å². The summed E-state index contributed by atoms with van der Waals surface area (Å²) in [6.07, 6.45) is 0.676. The van der Waals surface area contributed by atoms with Gasteiger partial charge in [0.1, 0.15) is 0 Å². The van der Waals surface area contributed by atoms with Crippen molar-refractivity contribution in [3.63, 3.8) is 0 Å². The number of nitrogens with one attached hydrogen (secondary N) is 1. The van der Waals surface area contributed by atoms with Crippen LogP contribution >= 0.6 is 0 Å². The van der Waals surface area contributed by atoms with Crippen LogP contribution in [-0.4, -0.2) is 43.4 Å². The van der Waals surface area contributed by atoms with Gasteiger partial charge < -0.3 is 20.9 Å². The van der Waals surface area contributed by atoms with Gasteiger partial charge in [-0.25, -0.2) is 0 Å². The maximum atomic E-state index is 10.7. The Kier molecular flexibility index (Phi) is 7.57. The van der Waals surface area contributed by atoms with Crippen LogP contribution in [0.2, 0.25) is 0 Å². The van der Waals surface area contributed by atoms with Gasteiger partial charge in [-0.3, -0.25) is 4.79 Å². The first-order valence-electron chi connectivity index (χ1n) is 4.43. The molecule has 0 saturated heterocycles. The molecule has 0 spiro atoms. The van der Waals surface area contributed by atoms with Gasteiger partial charge in [0, 0.05) is 6.54 Å². The van der Waals surface area contributed by atoms with E-state index in [1.807, 2.05) is 6.92 Å². The molecule has 1 unspecified atom stereocenters. The molecule has 0 rings (SSSR count). The molecule has 0 aromatic heterocycles. The molecule has 78 valence electrons. The predicted octanol–water partition coefficient (Wildman–Crippen LogP) is -1.15. The summed E-state index contributed by atoms with van der Waals surface area (Å²) in [7, 11) is 0. The van der Waals surface area contributed by atoms with E-state index in [4.69, 9.17) is 15.6 Å². The fourth-order valence-electron chi connectivity index (χ4n) is 0.918. The average molecular weight is 190 g/mol. The number of aliphatic hydroxyl groups is 1. The number of rotatable bonds is 8. The summed E-state index contributed by atoms with van der Waals surface area (Å²) in [4.78, 5) is 10.7. The quantitative estimate of drug-likeness (QED) is 0.422. The molecular formula is C8H18N2O3. The second-order valence-electron chi connectivity index (χ2n) is 2.65. The first kappa shape index (κ1) is 12.3. The zero-order chi connectivity index (χ0) is 10.1. The highest BCUT2D eigenvalue weighted by atomic mass is 16.5. The van der Waals surface area contributed by atoms with Crippen LogP contribution in [0.1, 0.15) is 13.3 Å². The van der Waals surface area contributed by atoms with E-state index in [0.717, 1.165) is 0 Å². The number of carbonyl (C=O) groups excluding carboxylic acids is 1. The number of ether oxygens (including phenoxy) is 1. The lowest BCUT2D eigenvalue weighted by molar-refractivity contribution is -0.120. The van der Waals surface area contributed by atoms with Crippen LogP contribution in [0.15, 0.2) is 0 Å². The number of carbonyl (C=O) groups is 1. The Bertz CT molecular complexity index is 141. The smallest absolute Gasteiger partial charge is 0.234 e. The minimum absolute atomic E-state index is 0.0209. The fourth-order valence-corrected chi connectivity index (χ4v) is 0.918. The monoisotopic (exact) mass is 190 g/mol. The van der Waals surface area contributed by atoms with E-state index < -0.39 is 0 Å². The van der Waals surface area contributed by atoms with Crippen molar-refractivity contribution in [1.82, 2.24) is 5.32 Å². The Balaban J connectivity index is 3.33. The molecule has 0 aliphatic carbocycles. The molecule has 5 nitrogen and oxygen atoms in total. The first-order chi connectivity index (χ1) is 6.22. The standard InChI is InChI=1S/C8H18N2O3/c1-2-7(8(9)12)10-3-5-13-6-4-11/h7,10-11H,2-6H2,1H3,(H2,9,12). The van der Waals surface area contributed by atoms with Gasteiger partial charge in [0.05, 0.1) is 25.9 Å². The Morgan fingerprint density at radius 1 is 1.62 bits per heavy atom. The van der Waals surface area contributed by atoms with Gasteiger partial charge >= 0.3 is 0 Å². The van der Waals surface area contributed by atoms with Crippen LogP contribution in [0.4, 0.5) is 0 Å². The van der Waals surface area contributed by atoms with E-state index in [0.29, 0.717) is 26.2 Å². The van der Waals surface area contributed by atoms with Crippen molar-refractivity contribution >= 4 is 5.91 Å². The van der Waals surface area contributed by atoms with E-state index in [1.165, 1.54) is 0 Å². The summed E-state index contributed by atoms with van der Waals surface area (Å²) in [5, 5.41) is 11.3. The van der Waals surface area contributed by atoms with E-state index in [9.17, 15) is 4.79 Å². The molecule has 0 heterocycles. The van der Waals surface area contributed by atoms with Crippen molar-refractivity contribution in [2.24, 2.45) is 5.73 Å². The third kappa shape index (κ3) is 6.51. The van der Waals surface area contributed by atoms with E-state index in [1.54, 1.807) is 0 Å². The molecule has 4 N–H and O–H groups in total. The molecule has 0 fully saturated rings. The highest BCUT2D eigenvalue weighted by Gasteiger charge is 2.10. The lowest BCUT2D eigenvalue weighted by atomic mass is 10.2. The summed E-state index contributed by atoms with van der Waals surface area (Å²) in [5.74, 6) is -0.343. The second kappa shape index (κ2) is 7.97. The van der Waals surface area contributed by atoms with Crippen LogP contribution in [-0.2, 0) is 9.53 Å². The predicted molar refractivity (Wildman–Crippen MR) is 49.2 cm³/mol. The number of amides is 1. The van der Waals surface area contributed by atoms with Crippen LogP contribution in [0.3, 0.4) is 0 Å². The van der Waals surface area contributed by atoms with Crippen LogP contribution in [0.25, 0.3) is 0 Å². The highest BCUT2D eigenvalue weighted by molar-refractivity contribution is 5.79. The van der Waals surface area contributed by atoms with Gasteiger partial charge in [0.15, 0.2) is 0 Å². The maximum absolute atomic E-state index is 10.7. The van der Waals surface area contributed by atoms with Crippen molar-refractivity contribution in [1.29, 1.82) is 0 Å². The normalized spacial score (nSPS) is 12.8. The minimum atomic E-state index is -0.343. The lowest BCUT2D eigenvalue weighted by Gasteiger charge is -2.12. The third-order valence-corrected chi connectivity index (χ3v) is 1.62. The molecule has 5 heteroatoms. The molecule has 0 aromatic carbocycles. The Morgan fingerprint density at radius 3 is 2.77 bits per heavy atom. The molecule has 0 aliphatic rings. The number of hydrogen-bond acceptors (Lipinski definition) is 4. The molecule has 13 heavy (non-hydrogen) atoms. The SMILES string of the molecule is CCC(NCCOCCO)C(N)=O. The zero-order valence-corrected chi connectivity index (χ0v) is 7.95. The van der Waals surface area contributed by atoms with Crippen molar-refractivity contribution < 1.29 is 14.6 Å². The van der Waals surface area contributed by atoms with Gasteiger partial charge in [-0.1, -0.05) is 6.92 Å². The Morgan fingerprint density at radius 2 is 2.31 bits per heavy atom. The molecule has 0 saturated carbocycles. The fraction of sp³-hybridized carbons (Fsp3) is 0.875. The Labute approximate surface area is 78.3 Å². The van der Waals surface area contributed by atoms with Gasteiger partial charge in [0.2, 0.25) is 5.91 Å². The molecule has 1 amide bonds. The maximum Gasteiger partial charge on any atom is 0.234 e. The van der Waals surface area contributed by atoms with Gasteiger partial charge in [-0.2, -0.15) is 0 Å². The molecule has 0 radical (unpaired) electrons. The van der Waals surface area contributed by atoms with Crippen LogP contribution in [0, 0.1) is 0 Å². The third-order valence-electron chi connectivity index (χ3n) is 1.62. The van der Waals surface area contributed by atoms with E-state index in [-0.39, 0.29) is 18.6 Å². The minimum Gasteiger partial charge on any atom is -0.394 e. The first-order valence-corrected chi connectivity index (χ1v) is 4.43. The van der Waals surface area contributed by atoms with Crippen molar-refractivity contribution in [2.75, 3.05) is 26.4 Å². The van der Waals surface area contributed by atoms with Crippen LogP contribution in [0.5, 0.6) is 0 Å². The van der Waals surface area contributed by atoms with E-state index >= 15 is 0 Å². The summed E-state index contributed by atoms with van der Waals surface area (Å²) < 4.78 is 4.99. The summed E-state index contributed by atoms with van der Waals surface area (Å²) in [6, 6.07) is -0.280. The van der Waals surface area contributed by atoms with Gasteiger partial charge in [-0.05, 0) is 6.42 Å². The molecule has 0 bridgehead atoms. The van der Waals surface area contributed by atoms with E-state index in [2.05, 4.69) is 5.32 Å². The molecular weight excluding hydrogens is 172 g/mol. The molecule has 0 aliphatic heterocycles. The lowest BCUT2D eigenvalue weighted by Crippen LogP contribution is -2.42. The second-order valence-corrected chi connectivity index (χ2v) is 2.65. The topological polar surface area (TPSA) is 84.6 Å². The van der Waals surface area contributed by atoms with Crippen LogP contribution < -0.4 is 11.1 Å². The number of nitrogens with two attached hydrogens (primary N) is 1. The van der Waals surface area contributed by atoms with Crippen molar-refractivity contribution in [3.8, 4) is 0 Å². The largest absolute Gasteiger partial charge is 0.394 e.